The molecule has 0 aromatic heterocycles. The van der Waals surface area contributed by atoms with Gasteiger partial charge in [0.15, 0.2) is 0 Å². The first kappa shape index (κ1) is 16.4. The predicted octanol–water partition coefficient (Wildman–Crippen LogP) is 5.02. The number of benzene rings is 3. The second kappa shape index (κ2) is 7.86. The summed E-state index contributed by atoms with van der Waals surface area (Å²) in [6.07, 6.45) is 0. The molecule has 0 N–H and O–H groups in total. The van der Waals surface area contributed by atoms with Crippen LogP contribution in [0.4, 0.5) is 0 Å². The van der Waals surface area contributed by atoms with Crippen LogP contribution in [0.3, 0.4) is 0 Å². The maximum Gasteiger partial charge on any atom is 0.119 e. The molecule has 0 amide bonds. The molecule has 0 spiro atoms. The van der Waals surface area contributed by atoms with Gasteiger partial charge in [-0.25, -0.2) is 0 Å². The van der Waals surface area contributed by atoms with Crippen molar-refractivity contribution in [3.05, 3.63) is 89.5 Å². The van der Waals surface area contributed by atoms with E-state index in [1.54, 1.807) is 12.1 Å². The summed E-state index contributed by atoms with van der Waals surface area (Å²) in [4.78, 5) is 0. The van der Waals surface area contributed by atoms with Crippen molar-refractivity contribution in [1.82, 2.24) is 0 Å². The van der Waals surface area contributed by atoms with Crippen molar-refractivity contribution in [3.8, 4) is 34.8 Å². The second-order valence-electron chi connectivity index (χ2n) is 5.47. The van der Waals surface area contributed by atoms with Gasteiger partial charge in [0, 0.05) is 11.1 Å². The van der Waals surface area contributed by atoms with Crippen LogP contribution >= 0.6 is 0 Å². The summed E-state index contributed by atoms with van der Waals surface area (Å²) in [7, 11) is 0. The fourth-order valence-electron chi connectivity index (χ4n) is 2.43. The third-order valence-corrected chi connectivity index (χ3v) is 3.75. The third-order valence-electron chi connectivity index (χ3n) is 3.75. The average Bonchev–Trinajstić information content (AvgIpc) is 2.68. The van der Waals surface area contributed by atoms with Crippen LogP contribution < -0.4 is 4.74 Å². The molecule has 0 aliphatic heterocycles. The van der Waals surface area contributed by atoms with E-state index >= 15 is 0 Å². The lowest BCUT2D eigenvalue weighted by Crippen LogP contribution is -1.90. The molecule has 2 heteroatoms. The summed E-state index contributed by atoms with van der Waals surface area (Å²) < 4.78 is 5.47. The Bertz CT molecular complexity index is 935. The lowest BCUT2D eigenvalue weighted by Gasteiger charge is -2.05. The van der Waals surface area contributed by atoms with Crippen molar-refractivity contribution in [2.45, 2.75) is 6.92 Å². The fraction of sp³-hybridized carbons (Fsp3) is 0.0870. The van der Waals surface area contributed by atoms with Gasteiger partial charge in [-0.3, -0.25) is 0 Å². The van der Waals surface area contributed by atoms with Gasteiger partial charge in [-0.2, -0.15) is 5.26 Å². The van der Waals surface area contributed by atoms with Gasteiger partial charge in [0.1, 0.15) is 5.75 Å². The summed E-state index contributed by atoms with van der Waals surface area (Å²) in [5, 5.41) is 8.81. The topological polar surface area (TPSA) is 33.0 Å². The third kappa shape index (κ3) is 4.28. The first-order valence-electron chi connectivity index (χ1n) is 8.14. The monoisotopic (exact) mass is 323 g/mol. The van der Waals surface area contributed by atoms with E-state index in [9.17, 15) is 0 Å². The van der Waals surface area contributed by atoms with E-state index in [1.807, 2.05) is 43.3 Å². The molecular formula is C23H17NO. The van der Waals surface area contributed by atoms with Crippen LogP contribution in [0.25, 0.3) is 11.1 Å². The zero-order valence-corrected chi connectivity index (χ0v) is 14.0. The van der Waals surface area contributed by atoms with Crippen LogP contribution in [0.5, 0.6) is 5.75 Å². The number of ether oxygens (including phenoxy) is 1. The zero-order chi connectivity index (χ0) is 17.5. The van der Waals surface area contributed by atoms with Gasteiger partial charge in [-0.05, 0) is 66.6 Å². The minimum atomic E-state index is 0.644. The van der Waals surface area contributed by atoms with Gasteiger partial charge in [0.2, 0.25) is 0 Å². The molecule has 0 atom stereocenters. The smallest absolute Gasteiger partial charge is 0.119 e. The van der Waals surface area contributed by atoms with E-state index in [0.29, 0.717) is 12.2 Å². The maximum absolute atomic E-state index is 8.81. The molecule has 120 valence electrons. The minimum absolute atomic E-state index is 0.644. The van der Waals surface area contributed by atoms with Crippen LogP contribution in [0.1, 0.15) is 23.6 Å². The summed E-state index contributed by atoms with van der Waals surface area (Å²) in [5.74, 6) is 7.15. The highest BCUT2D eigenvalue weighted by Crippen LogP contribution is 2.22. The van der Waals surface area contributed by atoms with Gasteiger partial charge in [0.25, 0.3) is 0 Å². The highest BCUT2D eigenvalue weighted by atomic mass is 16.5. The molecule has 0 saturated heterocycles. The Kier molecular flexibility index (Phi) is 5.15. The van der Waals surface area contributed by atoms with E-state index in [4.69, 9.17) is 10.00 Å². The van der Waals surface area contributed by atoms with Crippen molar-refractivity contribution < 1.29 is 4.74 Å². The number of nitrogens with zero attached hydrogens (tertiary/aromatic N) is 1. The summed E-state index contributed by atoms with van der Waals surface area (Å²) in [5.41, 5.74) is 4.79. The summed E-state index contributed by atoms with van der Waals surface area (Å²) >= 11 is 0. The van der Waals surface area contributed by atoms with Crippen LogP contribution in [-0.2, 0) is 0 Å². The Morgan fingerprint density at radius 3 is 1.60 bits per heavy atom. The van der Waals surface area contributed by atoms with Gasteiger partial charge >= 0.3 is 0 Å². The molecule has 0 fully saturated rings. The van der Waals surface area contributed by atoms with Gasteiger partial charge in [0.05, 0.1) is 18.2 Å². The molecule has 0 aliphatic rings. The van der Waals surface area contributed by atoms with E-state index in [0.717, 1.165) is 28.0 Å². The highest BCUT2D eigenvalue weighted by Gasteiger charge is 1.99. The van der Waals surface area contributed by atoms with Crippen molar-refractivity contribution >= 4 is 0 Å². The standard InChI is InChI=1S/C23H17NO/c1-2-25-23-15-13-22(14-16-23)21-11-9-19(10-12-21)4-3-18-5-7-20(17-24)8-6-18/h5-16H,2H2,1H3. The van der Waals surface area contributed by atoms with Crippen molar-refractivity contribution in [3.63, 3.8) is 0 Å². The molecule has 3 aromatic carbocycles. The molecule has 2 nitrogen and oxygen atoms in total. The number of rotatable bonds is 3. The highest BCUT2D eigenvalue weighted by molar-refractivity contribution is 5.65. The number of hydrogen-bond donors (Lipinski definition) is 0. The largest absolute Gasteiger partial charge is 0.494 e. The molecule has 0 aliphatic carbocycles. The molecular weight excluding hydrogens is 306 g/mol. The maximum atomic E-state index is 8.81. The Hall–Kier alpha value is -3.49. The number of nitriles is 1. The summed E-state index contributed by atoms with van der Waals surface area (Å²) in [6.45, 7) is 2.65. The quantitative estimate of drug-likeness (QED) is 0.634. The van der Waals surface area contributed by atoms with Crippen LogP contribution in [0, 0.1) is 23.2 Å². The first-order valence-corrected chi connectivity index (χ1v) is 8.14. The van der Waals surface area contributed by atoms with Gasteiger partial charge in [-0.15, -0.1) is 0 Å². The van der Waals surface area contributed by atoms with E-state index < -0.39 is 0 Å². The van der Waals surface area contributed by atoms with E-state index in [-0.39, 0.29) is 0 Å². The van der Waals surface area contributed by atoms with E-state index in [1.165, 1.54) is 0 Å². The predicted molar refractivity (Wildman–Crippen MR) is 100 cm³/mol. The van der Waals surface area contributed by atoms with Crippen molar-refractivity contribution in [1.29, 1.82) is 5.26 Å². The zero-order valence-electron chi connectivity index (χ0n) is 14.0. The normalized spacial score (nSPS) is 9.60. The molecule has 3 aromatic rings. The van der Waals surface area contributed by atoms with E-state index in [2.05, 4.69) is 42.2 Å². The van der Waals surface area contributed by atoms with Crippen molar-refractivity contribution in [2.75, 3.05) is 6.61 Å². The SMILES string of the molecule is CCOc1ccc(-c2ccc(C#Cc3ccc(C#N)cc3)cc2)cc1. The number of hydrogen-bond acceptors (Lipinski definition) is 2. The molecule has 0 radical (unpaired) electrons. The van der Waals surface area contributed by atoms with Crippen molar-refractivity contribution in [2.24, 2.45) is 0 Å². The van der Waals surface area contributed by atoms with Crippen LogP contribution in [0.15, 0.2) is 72.8 Å². The Labute approximate surface area is 148 Å². The Balaban J connectivity index is 1.74. The molecule has 0 bridgehead atoms. The second-order valence-corrected chi connectivity index (χ2v) is 5.47. The Morgan fingerprint density at radius 1 is 0.680 bits per heavy atom. The molecule has 25 heavy (non-hydrogen) atoms. The molecule has 3 rings (SSSR count). The van der Waals surface area contributed by atoms with Gasteiger partial charge < -0.3 is 4.74 Å². The van der Waals surface area contributed by atoms with Crippen LogP contribution in [-0.4, -0.2) is 6.61 Å². The Morgan fingerprint density at radius 2 is 1.12 bits per heavy atom. The van der Waals surface area contributed by atoms with Crippen LogP contribution in [0.2, 0.25) is 0 Å². The molecule has 0 unspecified atom stereocenters. The minimum Gasteiger partial charge on any atom is -0.494 e. The van der Waals surface area contributed by atoms with Gasteiger partial charge in [-0.1, -0.05) is 36.1 Å². The lowest BCUT2D eigenvalue weighted by molar-refractivity contribution is 0.340. The fourth-order valence-corrected chi connectivity index (χ4v) is 2.43. The lowest BCUT2D eigenvalue weighted by atomic mass is 10.0. The first-order chi connectivity index (χ1) is 12.3. The average molecular weight is 323 g/mol. The molecule has 0 saturated carbocycles. The summed E-state index contributed by atoms with van der Waals surface area (Å²) in [6, 6.07) is 25.6. The molecule has 0 heterocycles.